The lowest BCUT2D eigenvalue weighted by Gasteiger charge is -2.27. The van der Waals surface area contributed by atoms with Gasteiger partial charge in [-0.2, -0.15) is 0 Å². The summed E-state index contributed by atoms with van der Waals surface area (Å²) in [5.41, 5.74) is 2.84. The number of benzene rings is 2. The number of carbonyl (C=O) groups excluding carboxylic acids is 1. The minimum atomic E-state index is -3.41. The van der Waals surface area contributed by atoms with Crippen LogP contribution < -0.4 is 0 Å². The van der Waals surface area contributed by atoms with E-state index in [-0.39, 0.29) is 5.92 Å². The first-order valence-electron chi connectivity index (χ1n) is 11.2. The molecular formula is C27H29FNO5P. The number of carbonyl (C=O) groups is 1. The predicted octanol–water partition coefficient (Wildman–Crippen LogP) is 5.93. The molecule has 184 valence electrons. The van der Waals surface area contributed by atoms with Crippen molar-refractivity contribution in [3.05, 3.63) is 90.1 Å². The van der Waals surface area contributed by atoms with Crippen LogP contribution in [0.4, 0.5) is 4.39 Å². The van der Waals surface area contributed by atoms with E-state index in [9.17, 15) is 23.7 Å². The van der Waals surface area contributed by atoms with Crippen molar-refractivity contribution in [2.75, 3.05) is 0 Å². The van der Waals surface area contributed by atoms with Gasteiger partial charge in [-0.1, -0.05) is 56.8 Å². The van der Waals surface area contributed by atoms with E-state index < -0.39 is 38.0 Å². The molecule has 2 N–H and O–H groups in total. The highest BCUT2D eigenvalue weighted by atomic mass is 31.1. The van der Waals surface area contributed by atoms with Crippen LogP contribution in [-0.2, 0) is 14.1 Å². The summed E-state index contributed by atoms with van der Waals surface area (Å²) in [5, 5.41) is 10.9. The van der Waals surface area contributed by atoms with E-state index in [0.29, 0.717) is 33.6 Å². The number of aryl methyl sites for hydroxylation is 1. The normalized spacial score (nSPS) is 13.8. The molecule has 2 aromatic carbocycles. The third kappa shape index (κ3) is 6.12. The number of hydrogen-bond donors (Lipinski definition) is 2. The zero-order valence-corrected chi connectivity index (χ0v) is 20.9. The van der Waals surface area contributed by atoms with Gasteiger partial charge in [0.1, 0.15) is 5.82 Å². The topological polar surface area (TPSA) is 96.7 Å². The van der Waals surface area contributed by atoms with Gasteiger partial charge in [0.2, 0.25) is 0 Å². The van der Waals surface area contributed by atoms with E-state index in [0.717, 1.165) is 11.8 Å². The molecule has 3 atom stereocenters. The van der Waals surface area contributed by atoms with Gasteiger partial charge in [-0.05, 0) is 53.3 Å². The average molecular weight is 498 g/mol. The van der Waals surface area contributed by atoms with Gasteiger partial charge in [0.05, 0.1) is 30.1 Å². The summed E-state index contributed by atoms with van der Waals surface area (Å²) in [6, 6.07) is 15.5. The number of rotatable bonds is 9. The first kappa shape index (κ1) is 26.5. The Balaban J connectivity index is 2.35. The van der Waals surface area contributed by atoms with Crippen molar-refractivity contribution < 1.29 is 28.5 Å². The van der Waals surface area contributed by atoms with E-state index in [1.165, 1.54) is 12.1 Å². The fraction of sp³-hybridized carbons (Fsp3) is 0.259. The number of hydrogen-bond acceptors (Lipinski definition) is 5. The Kier molecular flexibility index (Phi) is 8.73. The van der Waals surface area contributed by atoms with Crippen molar-refractivity contribution >= 4 is 14.0 Å². The SMILES string of the molecule is C=COC(=O)CC(O)C(c1c(-c2ccc(F)cc2C)cc(-c2ccccc2)nc1C(C)C)[PH](=O)O. The van der Waals surface area contributed by atoms with Gasteiger partial charge in [-0.25, -0.2) is 4.39 Å². The van der Waals surface area contributed by atoms with E-state index in [1.807, 2.05) is 44.2 Å². The van der Waals surface area contributed by atoms with Crippen LogP contribution in [0.2, 0.25) is 0 Å². The number of aromatic nitrogens is 1. The molecule has 3 rings (SSSR count). The van der Waals surface area contributed by atoms with Crippen LogP contribution in [0.5, 0.6) is 0 Å². The molecule has 0 spiro atoms. The number of esters is 1. The van der Waals surface area contributed by atoms with Gasteiger partial charge in [-0.15, -0.1) is 0 Å². The first-order valence-corrected chi connectivity index (χ1v) is 12.6. The molecule has 3 aromatic rings. The fourth-order valence-electron chi connectivity index (χ4n) is 4.16. The summed E-state index contributed by atoms with van der Waals surface area (Å²) in [7, 11) is -3.41. The Labute approximate surface area is 205 Å². The van der Waals surface area contributed by atoms with Crippen molar-refractivity contribution in [2.45, 2.75) is 44.9 Å². The van der Waals surface area contributed by atoms with Crippen molar-refractivity contribution in [2.24, 2.45) is 0 Å². The highest BCUT2D eigenvalue weighted by Gasteiger charge is 2.34. The minimum Gasteiger partial charge on any atom is -0.435 e. The van der Waals surface area contributed by atoms with Crippen LogP contribution in [0, 0.1) is 12.7 Å². The Hall–Kier alpha value is -3.12. The Morgan fingerprint density at radius 2 is 1.86 bits per heavy atom. The molecule has 0 aliphatic heterocycles. The van der Waals surface area contributed by atoms with Crippen molar-refractivity contribution in [1.82, 2.24) is 4.98 Å². The third-order valence-corrected chi connectivity index (χ3v) is 6.94. The fourth-order valence-corrected chi connectivity index (χ4v) is 5.16. The van der Waals surface area contributed by atoms with Gasteiger partial charge < -0.3 is 14.7 Å². The number of ether oxygens (including phenoxy) is 1. The highest BCUT2D eigenvalue weighted by Crippen LogP contribution is 2.49. The Morgan fingerprint density at radius 3 is 2.43 bits per heavy atom. The lowest BCUT2D eigenvalue weighted by atomic mass is 9.87. The van der Waals surface area contributed by atoms with Gasteiger partial charge in [0.15, 0.2) is 8.03 Å². The van der Waals surface area contributed by atoms with E-state index in [2.05, 4.69) is 6.58 Å². The molecule has 0 fully saturated rings. The Bertz CT molecular complexity index is 1250. The minimum absolute atomic E-state index is 0.190. The summed E-state index contributed by atoms with van der Waals surface area (Å²) in [5.74, 6) is -1.38. The molecule has 0 radical (unpaired) electrons. The van der Waals surface area contributed by atoms with Crippen LogP contribution in [0.3, 0.4) is 0 Å². The molecule has 8 heteroatoms. The van der Waals surface area contributed by atoms with E-state index in [1.54, 1.807) is 19.1 Å². The molecule has 6 nitrogen and oxygen atoms in total. The van der Waals surface area contributed by atoms with Gasteiger partial charge in [0.25, 0.3) is 0 Å². The van der Waals surface area contributed by atoms with Gasteiger partial charge >= 0.3 is 5.97 Å². The predicted molar refractivity (Wildman–Crippen MR) is 135 cm³/mol. The summed E-state index contributed by atoms with van der Waals surface area (Å²) >= 11 is 0. The van der Waals surface area contributed by atoms with Crippen molar-refractivity contribution in [3.63, 3.8) is 0 Å². The summed E-state index contributed by atoms with van der Waals surface area (Å²) in [6.45, 7) is 8.86. The Morgan fingerprint density at radius 1 is 1.17 bits per heavy atom. The lowest BCUT2D eigenvalue weighted by Crippen LogP contribution is -2.23. The number of aliphatic hydroxyl groups is 1. The van der Waals surface area contributed by atoms with Crippen LogP contribution >= 0.6 is 8.03 Å². The van der Waals surface area contributed by atoms with Crippen LogP contribution in [0.15, 0.2) is 67.4 Å². The zero-order valence-electron chi connectivity index (χ0n) is 19.9. The number of nitrogens with zero attached hydrogens (tertiary/aromatic N) is 1. The second kappa shape index (κ2) is 11.5. The van der Waals surface area contributed by atoms with Crippen LogP contribution in [0.1, 0.15) is 48.7 Å². The largest absolute Gasteiger partial charge is 0.435 e. The maximum Gasteiger partial charge on any atom is 0.313 e. The van der Waals surface area contributed by atoms with E-state index >= 15 is 0 Å². The molecule has 3 unspecified atom stereocenters. The summed E-state index contributed by atoms with van der Waals surface area (Å²) in [4.78, 5) is 27.2. The van der Waals surface area contributed by atoms with Crippen LogP contribution in [-0.4, -0.2) is 27.1 Å². The highest BCUT2D eigenvalue weighted by molar-refractivity contribution is 7.38. The molecule has 1 heterocycles. The lowest BCUT2D eigenvalue weighted by molar-refractivity contribution is -0.140. The second-order valence-corrected chi connectivity index (χ2v) is 9.88. The van der Waals surface area contributed by atoms with Crippen LogP contribution in [0.25, 0.3) is 22.4 Å². The molecule has 35 heavy (non-hydrogen) atoms. The number of aliphatic hydroxyl groups excluding tert-OH is 1. The average Bonchev–Trinajstić information content (AvgIpc) is 2.79. The molecule has 0 amide bonds. The number of pyridine rings is 1. The van der Waals surface area contributed by atoms with Gasteiger partial charge in [-0.3, -0.25) is 14.3 Å². The van der Waals surface area contributed by atoms with E-state index in [4.69, 9.17) is 9.72 Å². The molecule has 0 saturated heterocycles. The monoisotopic (exact) mass is 497 g/mol. The molecule has 0 aliphatic rings. The van der Waals surface area contributed by atoms with Crippen molar-refractivity contribution in [1.29, 1.82) is 0 Å². The molecule has 1 aromatic heterocycles. The van der Waals surface area contributed by atoms with Crippen molar-refractivity contribution in [3.8, 4) is 22.4 Å². The first-order chi connectivity index (χ1) is 16.6. The number of halogens is 1. The zero-order chi connectivity index (χ0) is 25.7. The molecule has 0 aliphatic carbocycles. The summed E-state index contributed by atoms with van der Waals surface area (Å²) < 4.78 is 31.4. The smallest absolute Gasteiger partial charge is 0.313 e. The van der Waals surface area contributed by atoms with Gasteiger partial charge in [0, 0.05) is 11.3 Å². The molecule has 0 bridgehead atoms. The quantitative estimate of drug-likeness (QED) is 0.216. The molecular weight excluding hydrogens is 468 g/mol. The third-order valence-electron chi connectivity index (χ3n) is 5.74. The maximum absolute atomic E-state index is 13.9. The standard InChI is InChI=1S/C27H29FNO5P/c1-5-34-24(31)15-23(30)27(35(32)33)25-21(20-12-11-19(28)13-17(20)4)14-22(29-26(25)16(2)3)18-9-7-6-8-10-18/h5-14,16,23,27,30,35H,1,15H2,2-4H3,(H,32,33). The molecule has 0 saturated carbocycles. The maximum atomic E-state index is 13.9. The second-order valence-electron chi connectivity index (χ2n) is 8.58. The summed E-state index contributed by atoms with van der Waals surface area (Å²) in [6.07, 6.45) is -1.08.